The lowest BCUT2D eigenvalue weighted by Gasteiger charge is -1.55. The van der Waals surface area contributed by atoms with E-state index in [0.29, 0.717) is 0 Å². The van der Waals surface area contributed by atoms with Crippen molar-refractivity contribution in [1.82, 2.24) is 0 Å². The normalized spacial score (nSPS) is 24.0. The minimum Gasteiger partial charge on any atom is -0.0951 e. The first kappa shape index (κ1) is 3.53. The van der Waals surface area contributed by atoms with Gasteiger partial charge in [-0.15, -0.1) is 0 Å². The average molecular weight is 102 g/mol. The van der Waals surface area contributed by atoms with Crippen LogP contribution in [0, 0.1) is 0 Å². The maximum Gasteiger partial charge on any atom is 0.0316 e. The molecule has 1 heterocycles. The van der Waals surface area contributed by atoms with Crippen LogP contribution in [-0.4, -0.2) is 17.5 Å². The van der Waals surface area contributed by atoms with Gasteiger partial charge >= 0.3 is 0 Å². The largest absolute Gasteiger partial charge is 0.0951 e. The molecule has 0 aromatic rings. The van der Waals surface area contributed by atoms with E-state index >= 15 is 0 Å². The smallest absolute Gasteiger partial charge is 0.0316 e. The Morgan fingerprint density at radius 2 is 1.80 bits per heavy atom. The topological polar surface area (TPSA) is 0 Å². The SMILES string of the molecule is C1=PCP=C1. The molecule has 0 aromatic carbocycles. The fourth-order valence-corrected chi connectivity index (χ4v) is 2.12. The van der Waals surface area contributed by atoms with Gasteiger partial charge in [-0.2, -0.15) is 0 Å². The third-order valence-corrected chi connectivity index (χ3v) is 2.70. The van der Waals surface area contributed by atoms with Crippen LogP contribution in [-0.2, 0) is 0 Å². The van der Waals surface area contributed by atoms with Crippen molar-refractivity contribution < 1.29 is 0 Å². The summed E-state index contributed by atoms with van der Waals surface area (Å²) < 4.78 is 0. The van der Waals surface area contributed by atoms with Crippen LogP contribution in [0.5, 0.6) is 0 Å². The Morgan fingerprint density at radius 1 is 1.20 bits per heavy atom. The van der Waals surface area contributed by atoms with Crippen LogP contribution in [0.15, 0.2) is 0 Å². The quantitative estimate of drug-likeness (QED) is 0.406. The Balaban J connectivity index is 2.61. The Bertz CT molecular complexity index is 63.0. The first-order chi connectivity index (χ1) is 2.50. The molecule has 0 fully saturated rings. The predicted molar refractivity (Wildman–Crippen MR) is 30.8 cm³/mol. The van der Waals surface area contributed by atoms with Gasteiger partial charge in [0.2, 0.25) is 0 Å². The maximum absolute atomic E-state index is 2.20. The summed E-state index contributed by atoms with van der Waals surface area (Å²) >= 11 is 0. The van der Waals surface area contributed by atoms with Crippen molar-refractivity contribution in [2.75, 3.05) is 5.90 Å². The first-order valence-electron chi connectivity index (χ1n) is 1.48. The molecule has 0 bridgehead atoms. The zero-order valence-corrected chi connectivity index (χ0v) is 4.55. The third-order valence-electron chi connectivity index (χ3n) is 0.441. The van der Waals surface area contributed by atoms with Crippen molar-refractivity contribution in [1.29, 1.82) is 0 Å². The minimum atomic E-state index is 1.33. The van der Waals surface area contributed by atoms with Crippen LogP contribution >= 0.6 is 16.4 Å². The Morgan fingerprint density at radius 3 is 2.00 bits per heavy atom. The molecule has 26 valence electrons. The summed E-state index contributed by atoms with van der Waals surface area (Å²) in [6, 6.07) is 0. The van der Waals surface area contributed by atoms with E-state index in [0.717, 1.165) is 0 Å². The number of hydrogen-bond donors (Lipinski definition) is 0. The van der Waals surface area contributed by atoms with E-state index in [1.54, 1.807) is 0 Å². The fraction of sp³-hybridized carbons (Fsp3) is 0.333. The lowest BCUT2D eigenvalue weighted by molar-refractivity contribution is 2.31. The lowest BCUT2D eigenvalue weighted by Crippen LogP contribution is -1.49. The number of rotatable bonds is 0. The molecule has 0 radical (unpaired) electrons. The second-order valence-corrected chi connectivity index (χ2v) is 3.26. The zero-order chi connectivity index (χ0) is 3.54. The van der Waals surface area contributed by atoms with Crippen LogP contribution in [0.25, 0.3) is 0 Å². The summed E-state index contributed by atoms with van der Waals surface area (Å²) in [7, 11) is 3.00. The van der Waals surface area contributed by atoms with Crippen LogP contribution in [0.3, 0.4) is 0 Å². The minimum absolute atomic E-state index is 1.33. The molecule has 1 aliphatic heterocycles. The van der Waals surface area contributed by atoms with Crippen molar-refractivity contribution in [3.63, 3.8) is 0 Å². The molecule has 0 nitrogen and oxygen atoms in total. The summed E-state index contributed by atoms with van der Waals surface area (Å²) in [6.07, 6.45) is 0. The molecule has 0 saturated carbocycles. The maximum atomic E-state index is 2.20. The third kappa shape index (κ3) is 0.833. The van der Waals surface area contributed by atoms with Gasteiger partial charge in [0.1, 0.15) is 0 Å². The molecular formula is C3H4P2. The second-order valence-electron chi connectivity index (χ2n) is 0.805. The van der Waals surface area contributed by atoms with E-state index in [-0.39, 0.29) is 0 Å². The van der Waals surface area contributed by atoms with Gasteiger partial charge in [0.25, 0.3) is 0 Å². The summed E-state index contributed by atoms with van der Waals surface area (Å²) in [4.78, 5) is 0. The molecule has 0 aromatic heterocycles. The van der Waals surface area contributed by atoms with Crippen molar-refractivity contribution in [3.8, 4) is 0 Å². The molecule has 1 rings (SSSR count). The molecule has 0 saturated heterocycles. The molecule has 1 aliphatic rings. The molecule has 0 amide bonds. The molecule has 5 heavy (non-hydrogen) atoms. The van der Waals surface area contributed by atoms with Gasteiger partial charge in [0.15, 0.2) is 0 Å². The van der Waals surface area contributed by atoms with Crippen molar-refractivity contribution >= 4 is 28.0 Å². The van der Waals surface area contributed by atoms with E-state index in [2.05, 4.69) is 11.6 Å². The van der Waals surface area contributed by atoms with E-state index in [1.807, 2.05) is 0 Å². The molecule has 0 unspecified atom stereocenters. The second kappa shape index (κ2) is 1.70. The standard InChI is InChI=1S/C3H4P2/c1-2-5-3-4-1/h1-2H,3H2. The van der Waals surface area contributed by atoms with Crippen LogP contribution in [0.2, 0.25) is 0 Å². The van der Waals surface area contributed by atoms with E-state index < -0.39 is 0 Å². The molecule has 0 atom stereocenters. The first-order valence-corrected chi connectivity index (χ1v) is 3.78. The van der Waals surface area contributed by atoms with E-state index in [9.17, 15) is 0 Å². The van der Waals surface area contributed by atoms with Gasteiger partial charge in [-0.3, -0.25) is 0 Å². The van der Waals surface area contributed by atoms with Crippen LogP contribution < -0.4 is 0 Å². The molecule has 2 heteroatoms. The van der Waals surface area contributed by atoms with Crippen molar-refractivity contribution in [2.45, 2.75) is 0 Å². The van der Waals surface area contributed by atoms with Gasteiger partial charge < -0.3 is 0 Å². The fourth-order valence-electron chi connectivity index (χ4n) is 0.236. The van der Waals surface area contributed by atoms with Gasteiger partial charge in [0.05, 0.1) is 0 Å². The number of hydrogen-bond acceptors (Lipinski definition) is 0. The highest BCUT2D eigenvalue weighted by atomic mass is 31.1. The summed E-state index contributed by atoms with van der Waals surface area (Å²) in [5.41, 5.74) is 0. The van der Waals surface area contributed by atoms with Gasteiger partial charge in [0, 0.05) is 5.90 Å². The molecular weight excluding hydrogens is 98.0 g/mol. The zero-order valence-electron chi connectivity index (χ0n) is 2.76. The highest BCUT2D eigenvalue weighted by Gasteiger charge is 1.73. The Labute approximate surface area is 34.8 Å². The van der Waals surface area contributed by atoms with Gasteiger partial charge in [-0.25, -0.2) is 0 Å². The van der Waals surface area contributed by atoms with Crippen molar-refractivity contribution in [3.05, 3.63) is 0 Å². The van der Waals surface area contributed by atoms with Gasteiger partial charge in [-0.05, 0) is 11.6 Å². The molecule has 0 N–H and O–H groups in total. The van der Waals surface area contributed by atoms with E-state index in [4.69, 9.17) is 0 Å². The predicted octanol–water partition coefficient (Wildman–Crippen LogP) is 1.45. The summed E-state index contributed by atoms with van der Waals surface area (Å²) in [5, 5.41) is 0. The highest BCUT2D eigenvalue weighted by molar-refractivity contribution is 7.64. The Kier molecular flexibility index (Phi) is 1.20. The molecule has 0 aliphatic carbocycles. The monoisotopic (exact) mass is 102 g/mol. The summed E-state index contributed by atoms with van der Waals surface area (Å²) in [5.74, 6) is 5.73. The molecule has 0 spiro atoms. The van der Waals surface area contributed by atoms with Gasteiger partial charge in [-0.1, -0.05) is 16.4 Å². The Hall–Kier alpha value is 0.340. The van der Waals surface area contributed by atoms with Crippen LogP contribution in [0.4, 0.5) is 0 Å². The van der Waals surface area contributed by atoms with Crippen molar-refractivity contribution in [2.24, 2.45) is 0 Å². The van der Waals surface area contributed by atoms with Crippen LogP contribution in [0.1, 0.15) is 0 Å². The average Bonchev–Trinajstić information content (AvgIpc) is 1.76. The lowest BCUT2D eigenvalue weighted by atomic mass is 11.0. The van der Waals surface area contributed by atoms with E-state index in [1.165, 1.54) is 22.3 Å². The highest BCUT2D eigenvalue weighted by Crippen LogP contribution is 2.10. The summed E-state index contributed by atoms with van der Waals surface area (Å²) in [6.45, 7) is 0.